The second-order valence-electron chi connectivity index (χ2n) is 5.05. The van der Waals surface area contributed by atoms with Gasteiger partial charge in [0.2, 0.25) is 0 Å². The molecule has 0 bridgehead atoms. The molecule has 1 aliphatic carbocycles. The van der Waals surface area contributed by atoms with Crippen LogP contribution in [0.1, 0.15) is 37.7 Å². The fourth-order valence-electron chi connectivity index (χ4n) is 2.92. The molecule has 4 heteroatoms. The minimum atomic E-state index is -0.388. The van der Waals surface area contributed by atoms with Gasteiger partial charge in [0.15, 0.2) is 11.5 Å². The summed E-state index contributed by atoms with van der Waals surface area (Å²) in [6, 6.07) is 2.73. The minimum absolute atomic E-state index is 0.165. The lowest BCUT2D eigenvalue weighted by molar-refractivity contribution is 0.288. The van der Waals surface area contributed by atoms with Crippen molar-refractivity contribution in [1.29, 1.82) is 0 Å². The first kappa shape index (κ1) is 13.1. The number of phenolic OH excluding ortho intramolecular Hbond substituents is 1. The van der Waals surface area contributed by atoms with Gasteiger partial charge in [0.05, 0.1) is 7.11 Å². The number of aromatic hydroxyl groups is 1. The summed E-state index contributed by atoms with van der Waals surface area (Å²) >= 11 is 0. The zero-order valence-corrected chi connectivity index (χ0v) is 10.7. The van der Waals surface area contributed by atoms with Crippen molar-refractivity contribution in [3.8, 4) is 11.5 Å². The molecule has 0 saturated heterocycles. The lowest BCUT2D eigenvalue weighted by Gasteiger charge is -2.37. The number of methoxy groups -OCH3 is 1. The molecule has 0 aliphatic heterocycles. The molecule has 3 nitrogen and oxygen atoms in total. The van der Waals surface area contributed by atoms with E-state index in [0.29, 0.717) is 17.9 Å². The van der Waals surface area contributed by atoms with Crippen molar-refractivity contribution < 1.29 is 14.2 Å². The molecule has 1 saturated carbocycles. The fourth-order valence-corrected chi connectivity index (χ4v) is 2.92. The number of benzene rings is 1. The second kappa shape index (κ2) is 5.14. The molecule has 0 amide bonds. The summed E-state index contributed by atoms with van der Waals surface area (Å²) < 4.78 is 19.2. The van der Waals surface area contributed by atoms with Gasteiger partial charge in [-0.25, -0.2) is 4.39 Å². The molecule has 0 spiro atoms. The molecule has 0 heterocycles. The van der Waals surface area contributed by atoms with Crippen LogP contribution in [0.2, 0.25) is 0 Å². The summed E-state index contributed by atoms with van der Waals surface area (Å²) in [6.07, 6.45) is 5.11. The number of nitrogens with two attached hydrogens (primary N) is 1. The van der Waals surface area contributed by atoms with Crippen molar-refractivity contribution in [1.82, 2.24) is 0 Å². The Labute approximate surface area is 107 Å². The summed E-state index contributed by atoms with van der Waals surface area (Å²) in [5.41, 5.74) is 6.18. The summed E-state index contributed by atoms with van der Waals surface area (Å²) in [5.74, 6) is -0.243. The Morgan fingerprint density at radius 2 is 2.00 bits per heavy atom. The van der Waals surface area contributed by atoms with Crippen molar-refractivity contribution in [3.05, 3.63) is 23.5 Å². The number of rotatable bonds is 3. The first-order valence-electron chi connectivity index (χ1n) is 6.40. The van der Waals surface area contributed by atoms with Crippen molar-refractivity contribution in [3.63, 3.8) is 0 Å². The van der Waals surface area contributed by atoms with Crippen LogP contribution in [0.5, 0.6) is 11.5 Å². The van der Waals surface area contributed by atoms with Gasteiger partial charge in [0, 0.05) is 18.0 Å². The molecule has 0 unspecified atom stereocenters. The molecule has 3 N–H and O–H groups in total. The molecular formula is C14H20FNO2. The molecule has 0 radical (unpaired) electrons. The lowest BCUT2D eigenvalue weighted by atomic mass is 9.69. The quantitative estimate of drug-likeness (QED) is 0.870. The maximum Gasteiger partial charge on any atom is 0.160 e. The van der Waals surface area contributed by atoms with Crippen LogP contribution in [-0.4, -0.2) is 18.8 Å². The first-order chi connectivity index (χ1) is 8.63. The van der Waals surface area contributed by atoms with E-state index in [1.54, 1.807) is 6.07 Å². The average Bonchev–Trinajstić information content (AvgIpc) is 2.39. The van der Waals surface area contributed by atoms with E-state index in [0.717, 1.165) is 31.7 Å². The average molecular weight is 253 g/mol. The number of hydrogen-bond donors (Lipinski definition) is 2. The summed E-state index contributed by atoms with van der Waals surface area (Å²) in [7, 11) is 1.47. The van der Waals surface area contributed by atoms with E-state index >= 15 is 0 Å². The van der Waals surface area contributed by atoms with Gasteiger partial charge in [-0.05, 0) is 24.5 Å². The van der Waals surface area contributed by atoms with Gasteiger partial charge >= 0.3 is 0 Å². The molecule has 100 valence electrons. The second-order valence-corrected chi connectivity index (χ2v) is 5.05. The van der Waals surface area contributed by atoms with E-state index in [-0.39, 0.29) is 17.0 Å². The van der Waals surface area contributed by atoms with Gasteiger partial charge in [-0.3, -0.25) is 0 Å². The van der Waals surface area contributed by atoms with Crippen LogP contribution in [0.15, 0.2) is 12.1 Å². The minimum Gasteiger partial charge on any atom is -0.504 e. The maximum atomic E-state index is 14.1. The van der Waals surface area contributed by atoms with Gasteiger partial charge in [-0.15, -0.1) is 0 Å². The van der Waals surface area contributed by atoms with Crippen LogP contribution in [0.3, 0.4) is 0 Å². The number of halogens is 1. The van der Waals surface area contributed by atoms with E-state index in [9.17, 15) is 9.50 Å². The smallest absolute Gasteiger partial charge is 0.160 e. The highest BCUT2D eigenvalue weighted by Gasteiger charge is 2.35. The van der Waals surface area contributed by atoms with Gasteiger partial charge < -0.3 is 15.6 Å². The highest BCUT2D eigenvalue weighted by Crippen LogP contribution is 2.42. The Hall–Kier alpha value is -1.29. The molecule has 1 aromatic carbocycles. The molecule has 0 atom stereocenters. The maximum absolute atomic E-state index is 14.1. The van der Waals surface area contributed by atoms with Crippen LogP contribution in [-0.2, 0) is 5.41 Å². The van der Waals surface area contributed by atoms with E-state index in [1.165, 1.54) is 13.5 Å². The Kier molecular flexibility index (Phi) is 3.76. The summed E-state index contributed by atoms with van der Waals surface area (Å²) in [4.78, 5) is 0. The third kappa shape index (κ3) is 2.17. The van der Waals surface area contributed by atoms with Gasteiger partial charge in [0.1, 0.15) is 5.82 Å². The van der Waals surface area contributed by atoms with Crippen LogP contribution in [0.4, 0.5) is 4.39 Å². The SMILES string of the molecule is COc1cc(C2(CN)CCCCC2)c(F)cc1O. The third-order valence-corrected chi connectivity index (χ3v) is 4.04. The number of phenols is 1. The number of hydrogen-bond acceptors (Lipinski definition) is 3. The fraction of sp³-hybridized carbons (Fsp3) is 0.571. The van der Waals surface area contributed by atoms with Crippen LogP contribution < -0.4 is 10.5 Å². The Morgan fingerprint density at radius 1 is 1.33 bits per heavy atom. The predicted molar refractivity (Wildman–Crippen MR) is 68.4 cm³/mol. The zero-order valence-electron chi connectivity index (χ0n) is 10.7. The van der Waals surface area contributed by atoms with Crippen LogP contribution >= 0.6 is 0 Å². The summed E-state index contributed by atoms with van der Waals surface area (Å²) in [6.45, 7) is 0.428. The molecule has 1 aliphatic rings. The van der Waals surface area contributed by atoms with Gasteiger partial charge in [-0.1, -0.05) is 19.3 Å². The topological polar surface area (TPSA) is 55.5 Å². The van der Waals surface area contributed by atoms with Crippen molar-refractivity contribution in [2.45, 2.75) is 37.5 Å². The molecular weight excluding hydrogens is 233 g/mol. The van der Waals surface area contributed by atoms with Crippen LogP contribution in [0, 0.1) is 5.82 Å². The van der Waals surface area contributed by atoms with E-state index in [1.807, 2.05) is 0 Å². The molecule has 18 heavy (non-hydrogen) atoms. The highest BCUT2D eigenvalue weighted by atomic mass is 19.1. The third-order valence-electron chi connectivity index (χ3n) is 4.04. The normalized spacial score (nSPS) is 18.6. The Bertz CT molecular complexity index is 428. The monoisotopic (exact) mass is 253 g/mol. The van der Waals surface area contributed by atoms with E-state index in [2.05, 4.69) is 0 Å². The Balaban J connectivity index is 2.47. The van der Waals surface area contributed by atoms with Gasteiger partial charge in [0.25, 0.3) is 0 Å². The Morgan fingerprint density at radius 3 is 2.56 bits per heavy atom. The van der Waals surface area contributed by atoms with Crippen molar-refractivity contribution in [2.75, 3.05) is 13.7 Å². The van der Waals surface area contributed by atoms with Crippen molar-refractivity contribution in [2.24, 2.45) is 5.73 Å². The summed E-state index contributed by atoms with van der Waals surface area (Å²) in [5, 5.41) is 9.57. The van der Waals surface area contributed by atoms with E-state index in [4.69, 9.17) is 10.5 Å². The number of ether oxygens (including phenoxy) is 1. The highest BCUT2D eigenvalue weighted by molar-refractivity contribution is 5.45. The van der Waals surface area contributed by atoms with Gasteiger partial charge in [-0.2, -0.15) is 0 Å². The van der Waals surface area contributed by atoms with Crippen LogP contribution in [0.25, 0.3) is 0 Å². The largest absolute Gasteiger partial charge is 0.504 e. The lowest BCUT2D eigenvalue weighted by Crippen LogP contribution is -2.38. The van der Waals surface area contributed by atoms with E-state index < -0.39 is 0 Å². The zero-order chi connectivity index (χ0) is 13.2. The van der Waals surface area contributed by atoms with Crippen molar-refractivity contribution >= 4 is 0 Å². The molecule has 1 fully saturated rings. The molecule has 0 aromatic heterocycles. The predicted octanol–water partition coefficient (Wildman–Crippen LogP) is 2.70. The molecule has 2 rings (SSSR count). The first-order valence-corrected chi connectivity index (χ1v) is 6.40. The molecule has 1 aromatic rings. The standard InChI is InChI=1S/C14H20FNO2/c1-18-13-7-10(11(15)8-12(13)17)14(9-16)5-3-2-4-6-14/h7-8,17H,2-6,9,16H2,1H3.